The molecule has 148 valence electrons. The largest absolute Gasteiger partial charge is 0.362 e. The van der Waals surface area contributed by atoms with Gasteiger partial charge in [0.15, 0.2) is 0 Å². The Hall–Kier alpha value is -2.46. The smallest absolute Gasteiger partial charge is 0.255 e. The molecule has 2 heterocycles. The summed E-state index contributed by atoms with van der Waals surface area (Å²) in [5, 5.41) is 8.99. The molecule has 1 aromatic carbocycles. The zero-order valence-corrected chi connectivity index (χ0v) is 16.2. The van der Waals surface area contributed by atoms with Crippen LogP contribution in [0, 0.1) is 17.1 Å². The zero-order valence-electron chi connectivity index (χ0n) is 16.2. The molecule has 3 aliphatic rings. The van der Waals surface area contributed by atoms with Gasteiger partial charge in [0.2, 0.25) is 0 Å². The number of carbonyl (C=O) groups is 2. The van der Waals surface area contributed by atoms with Crippen molar-refractivity contribution in [3.05, 3.63) is 35.1 Å². The van der Waals surface area contributed by atoms with Crippen molar-refractivity contribution in [3.63, 3.8) is 0 Å². The maximum atomic E-state index is 13.5. The van der Waals surface area contributed by atoms with Crippen LogP contribution in [0.15, 0.2) is 18.2 Å². The van der Waals surface area contributed by atoms with Gasteiger partial charge in [0, 0.05) is 18.7 Å². The summed E-state index contributed by atoms with van der Waals surface area (Å²) in [5.41, 5.74) is -0.515. The van der Waals surface area contributed by atoms with Crippen molar-refractivity contribution in [2.75, 3.05) is 13.1 Å². The maximum absolute atomic E-state index is 13.5. The number of halogens is 1. The summed E-state index contributed by atoms with van der Waals surface area (Å²) >= 11 is 0. The predicted molar refractivity (Wildman–Crippen MR) is 98.9 cm³/mol. The lowest BCUT2D eigenvalue weighted by Gasteiger charge is -2.46. The molecular weight excluding hydrogens is 361 g/mol. The first-order chi connectivity index (χ1) is 13.3. The van der Waals surface area contributed by atoms with E-state index in [1.807, 2.05) is 18.7 Å². The second-order valence-corrected chi connectivity index (χ2v) is 8.28. The summed E-state index contributed by atoms with van der Waals surface area (Å²) in [7, 11) is 0. The number of piperazine rings is 1. The number of ether oxygens (including phenoxy) is 1. The molecule has 28 heavy (non-hydrogen) atoms. The fourth-order valence-electron chi connectivity index (χ4n) is 4.67. The van der Waals surface area contributed by atoms with Crippen molar-refractivity contribution < 1.29 is 18.7 Å². The number of likely N-dealkylation sites (tertiary alicyclic amines) is 2. The Bertz CT molecular complexity index is 859. The molecule has 1 saturated carbocycles. The van der Waals surface area contributed by atoms with Crippen LogP contribution in [0.4, 0.5) is 4.39 Å². The Morgan fingerprint density at radius 3 is 2.46 bits per heavy atom. The first-order valence-electron chi connectivity index (χ1n) is 9.84. The molecule has 0 unspecified atom stereocenters. The number of nitriles is 1. The number of amides is 2. The maximum Gasteiger partial charge on any atom is 0.255 e. The molecule has 0 radical (unpaired) electrons. The van der Waals surface area contributed by atoms with Gasteiger partial charge in [-0.3, -0.25) is 9.59 Å². The Kier molecular flexibility index (Phi) is 4.62. The number of nitrogens with zero attached hydrogens (tertiary/aromatic N) is 3. The quantitative estimate of drug-likeness (QED) is 0.798. The summed E-state index contributed by atoms with van der Waals surface area (Å²) < 4.78 is 19.5. The van der Waals surface area contributed by atoms with E-state index in [2.05, 4.69) is 0 Å². The Morgan fingerprint density at radius 1 is 1.25 bits per heavy atom. The second-order valence-electron chi connectivity index (χ2n) is 8.28. The van der Waals surface area contributed by atoms with Crippen molar-refractivity contribution in [1.82, 2.24) is 9.80 Å². The number of hydrogen-bond acceptors (Lipinski definition) is 4. The lowest BCUT2D eigenvalue weighted by molar-refractivity contribution is -0.181. The van der Waals surface area contributed by atoms with Crippen LogP contribution in [0.3, 0.4) is 0 Å². The fourth-order valence-corrected chi connectivity index (χ4v) is 4.67. The Labute approximate surface area is 163 Å². The van der Waals surface area contributed by atoms with E-state index in [0.717, 1.165) is 31.7 Å². The minimum absolute atomic E-state index is 0.00470. The van der Waals surface area contributed by atoms with E-state index in [1.54, 1.807) is 11.0 Å². The monoisotopic (exact) mass is 385 g/mol. The minimum atomic E-state index is -0.688. The normalized spacial score (nSPS) is 25.0. The van der Waals surface area contributed by atoms with Crippen LogP contribution in [0.1, 0.15) is 55.5 Å². The van der Waals surface area contributed by atoms with Crippen molar-refractivity contribution in [1.29, 1.82) is 5.26 Å². The van der Waals surface area contributed by atoms with Gasteiger partial charge in [-0.05, 0) is 57.7 Å². The first kappa shape index (κ1) is 18.9. The highest BCUT2D eigenvalue weighted by Crippen LogP contribution is 2.42. The van der Waals surface area contributed by atoms with E-state index in [4.69, 9.17) is 10.00 Å². The van der Waals surface area contributed by atoms with Gasteiger partial charge < -0.3 is 14.5 Å². The lowest BCUT2D eigenvalue weighted by atomic mass is 9.78. The molecule has 7 heteroatoms. The van der Waals surface area contributed by atoms with E-state index in [9.17, 15) is 14.0 Å². The standard InChI is InChI=1S/C21H24FN3O3/c1-13(2)28-21(6-3-7-21)20(27)25-12-16-9-17(25)11-24(16)19(26)14-4-5-18(22)15(8-14)10-23/h4-5,8,13,16-17H,3,6-7,9,11-12H2,1-2H3/t16-,17-/m0/s1. The van der Waals surface area contributed by atoms with Gasteiger partial charge in [0.05, 0.1) is 23.8 Å². The van der Waals surface area contributed by atoms with Crippen LogP contribution >= 0.6 is 0 Å². The molecule has 1 aromatic rings. The highest BCUT2D eigenvalue weighted by molar-refractivity contribution is 5.95. The van der Waals surface area contributed by atoms with Gasteiger partial charge >= 0.3 is 0 Å². The van der Waals surface area contributed by atoms with E-state index >= 15 is 0 Å². The molecule has 0 aromatic heterocycles. The fraction of sp³-hybridized carbons (Fsp3) is 0.571. The number of fused-ring (bicyclic) bond motifs is 2. The second kappa shape index (κ2) is 6.85. The number of rotatable bonds is 4. The molecule has 0 spiro atoms. The summed E-state index contributed by atoms with van der Waals surface area (Å²) in [6.45, 7) is 4.86. The molecule has 2 atom stereocenters. The number of hydrogen-bond donors (Lipinski definition) is 0. The van der Waals surface area contributed by atoms with E-state index in [1.165, 1.54) is 12.1 Å². The molecule has 6 nitrogen and oxygen atoms in total. The molecule has 2 aliphatic heterocycles. The number of benzene rings is 1. The molecular formula is C21H24FN3O3. The van der Waals surface area contributed by atoms with E-state index in [0.29, 0.717) is 18.7 Å². The Morgan fingerprint density at radius 2 is 1.93 bits per heavy atom. The summed E-state index contributed by atoms with van der Waals surface area (Å²) in [5.74, 6) is -0.789. The molecule has 0 N–H and O–H groups in total. The molecule has 2 saturated heterocycles. The lowest BCUT2D eigenvalue weighted by Crippen LogP contribution is -2.60. The third-order valence-corrected chi connectivity index (χ3v) is 6.11. The summed E-state index contributed by atoms with van der Waals surface area (Å²) in [6, 6.07) is 5.57. The molecule has 1 aliphatic carbocycles. The van der Waals surface area contributed by atoms with Gasteiger partial charge in [-0.25, -0.2) is 4.39 Å². The molecule has 4 rings (SSSR count). The van der Waals surface area contributed by atoms with Crippen molar-refractivity contribution >= 4 is 11.8 Å². The topological polar surface area (TPSA) is 73.6 Å². The number of carbonyl (C=O) groups excluding carboxylic acids is 2. The predicted octanol–water partition coefficient (Wildman–Crippen LogP) is 2.47. The highest BCUT2D eigenvalue weighted by atomic mass is 19.1. The van der Waals surface area contributed by atoms with E-state index < -0.39 is 11.4 Å². The van der Waals surface area contributed by atoms with Crippen LogP contribution in [-0.4, -0.2) is 58.5 Å². The third kappa shape index (κ3) is 2.96. The van der Waals surface area contributed by atoms with E-state index in [-0.39, 0.29) is 35.6 Å². The van der Waals surface area contributed by atoms with Gasteiger partial charge in [-0.1, -0.05) is 0 Å². The van der Waals surface area contributed by atoms with Crippen LogP contribution in [0.5, 0.6) is 0 Å². The van der Waals surface area contributed by atoms with Gasteiger partial charge in [0.1, 0.15) is 17.5 Å². The summed E-state index contributed by atoms with van der Waals surface area (Å²) in [6.07, 6.45) is 3.26. The molecule has 2 amide bonds. The van der Waals surface area contributed by atoms with Gasteiger partial charge in [-0.15, -0.1) is 0 Å². The third-order valence-electron chi connectivity index (χ3n) is 6.11. The van der Waals surface area contributed by atoms with Crippen LogP contribution in [-0.2, 0) is 9.53 Å². The van der Waals surface area contributed by atoms with Gasteiger partial charge in [0.25, 0.3) is 11.8 Å². The van der Waals surface area contributed by atoms with Crippen molar-refractivity contribution in [2.45, 2.75) is 63.3 Å². The average molecular weight is 385 g/mol. The zero-order chi connectivity index (χ0) is 20.1. The SMILES string of the molecule is CC(C)OC1(C(=O)N2C[C@@H]3C[C@H]2CN3C(=O)c2ccc(F)c(C#N)c2)CCC1. The van der Waals surface area contributed by atoms with Crippen LogP contribution in [0.25, 0.3) is 0 Å². The van der Waals surface area contributed by atoms with Gasteiger partial charge in [-0.2, -0.15) is 5.26 Å². The Balaban J connectivity index is 1.46. The first-order valence-corrected chi connectivity index (χ1v) is 9.84. The van der Waals surface area contributed by atoms with Crippen LogP contribution in [0.2, 0.25) is 0 Å². The van der Waals surface area contributed by atoms with Crippen molar-refractivity contribution in [3.8, 4) is 6.07 Å². The van der Waals surface area contributed by atoms with Crippen molar-refractivity contribution in [2.24, 2.45) is 0 Å². The average Bonchev–Trinajstić information content (AvgIpc) is 3.24. The molecule has 3 fully saturated rings. The van der Waals surface area contributed by atoms with Crippen LogP contribution < -0.4 is 0 Å². The highest BCUT2D eigenvalue weighted by Gasteiger charge is 2.54. The minimum Gasteiger partial charge on any atom is -0.362 e. The molecule has 2 bridgehead atoms. The summed E-state index contributed by atoms with van der Waals surface area (Å²) in [4.78, 5) is 29.7.